The van der Waals surface area contributed by atoms with Crippen LogP contribution in [0.25, 0.3) is 0 Å². The number of nitrogens with one attached hydrogen (secondary N) is 2. The lowest BCUT2D eigenvalue weighted by molar-refractivity contribution is -0.120. The first-order valence-corrected chi connectivity index (χ1v) is 8.48. The minimum atomic E-state index is 0. The highest BCUT2D eigenvalue weighted by atomic mass is 35.5. The van der Waals surface area contributed by atoms with Crippen molar-refractivity contribution in [1.29, 1.82) is 0 Å². The number of nitrogens with zero attached hydrogens (tertiary/aromatic N) is 1. The quantitative estimate of drug-likeness (QED) is 0.890. The van der Waals surface area contributed by atoms with Gasteiger partial charge in [0.2, 0.25) is 5.91 Å². The van der Waals surface area contributed by atoms with Crippen LogP contribution in [0.5, 0.6) is 0 Å². The van der Waals surface area contributed by atoms with Crippen LogP contribution in [0.4, 0.5) is 5.69 Å². The molecule has 0 radical (unpaired) electrons. The first-order valence-electron chi connectivity index (χ1n) is 7.60. The van der Waals surface area contributed by atoms with E-state index in [-0.39, 0.29) is 24.4 Å². The first kappa shape index (κ1) is 17.8. The summed E-state index contributed by atoms with van der Waals surface area (Å²) in [6, 6.07) is 12.4. The largest absolute Gasteiger partial charge is 0.361 e. The molecule has 4 nitrogen and oxygen atoms in total. The third-order valence-corrected chi connectivity index (χ3v) is 4.94. The molecule has 6 heteroatoms. The predicted molar refractivity (Wildman–Crippen MR) is 98.5 cm³/mol. The molecule has 0 bridgehead atoms. The summed E-state index contributed by atoms with van der Waals surface area (Å²) < 4.78 is 0. The summed E-state index contributed by atoms with van der Waals surface area (Å²) in [5.41, 5.74) is 2.41. The number of benzene rings is 1. The Bertz CT molecular complexity index is 633. The van der Waals surface area contributed by atoms with Crippen LogP contribution in [0, 0.1) is 0 Å². The Hall–Kier alpha value is -1.56. The van der Waals surface area contributed by atoms with Gasteiger partial charge in [0, 0.05) is 30.2 Å². The summed E-state index contributed by atoms with van der Waals surface area (Å²) in [5, 5.41) is 8.52. The van der Waals surface area contributed by atoms with Crippen LogP contribution in [-0.2, 0) is 11.3 Å². The Balaban J connectivity index is 0.00000192. The molecule has 1 aliphatic rings. The predicted octanol–water partition coefficient (Wildman–Crippen LogP) is 2.96. The van der Waals surface area contributed by atoms with Gasteiger partial charge in [-0.2, -0.15) is 0 Å². The van der Waals surface area contributed by atoms with Gasteiger partial charge in [-0.25, -0.2) is 0 Å². The van der Waals surface area contributed by atoms with Gasteiger partial charge in [-0.3, -0.25) is 4.79 Å². The first-order chi connectivity index (χ1) is 10.7. The fraction of sp³-hybridized carbons (Fsp3) is 0.353. The van der Waals surface area contributed by atoms with E-state index in [1.165, 1.54) is 10.4 Å². The number of halogens is 1. The van der Waals surface area contributed by atoms with E-state index in [4.69, 9.17) is 0 Å². The zero-order valence-electron chi connectivity index (χ0n) is 13.1. The Morgan fingerprint density at radius 3 is 2.96 bits per heavy atom. The van der Waals surface area contributed by atoms with Crippen LogP contribution in [0.2, 0.25) is 0 Å². The topological polar surface area (TPSA) is 44.4 Å². The van der Waals surface area contributed by atoms with E-state index in [1.807, 2.05) is 30.5 Å². The van der Waals surface area contributed by atoms with Crippen molar-refractivity contribution in [3.8, 4) is 0 Å². The van der Waals surface area contributed by atoms with Crippen LogP contribution in [0.3, 0.4) is 0 Å². The van der Waals surface area contributed by atoms with E-state index < -0.39 is 0 Å². The van der Waals surface area contributed by atoms with Crippen LogP contribution in [-0.4, -0.2) is 25.5 Å². The standard InChI is InChI=1S/C17H21N3OS.ClH/c1-13(16-7-4-10-22-16)19-17(21)12-20-9-8-18-11-14-5-2-3-6-15(14)20;/h2-7,10,13,18H,8-9,11-12H2,1H3,(H,19,21);1H. The molecule has 2 aromatic rings. The summed E-state index contributed by atoms with van der Waals surface area (Å²) in [4.78, 5) is 15.7. The van der Waals surface area contributed by atoms with Crippen LogP contribution < -0.4 is 15.5 Å². The molecule has 0 fully saturated rings. The maximum Gasteiger partial charge on any atom is 0.240 e. The second-order valence-electron chi connectivity index (χ2n) is 5.53. The van der Waals surface area contributed by atoms with Gasteiger partial charge in [0.25, 0.3) is 0 Å². The van der Waals surface area contributed by atoms with Crippen molar-refractivity contribution in [2.24, 2.45) is 0 Å². The highest BCUT2D eigenvalue weighted by Gasteiger charge is 2.18. The number of thiophene rings is 1. The molecule has 1 aromatic carbocycles. The van der Waals surface area contributed by atoms with Crippen molar-refractivity contribution in [3.05, 3.63) is 52.2 Å². The van der Waals surface area contributed by atoms with Crippen molar-refractivity contribution in [3.63, 3.8) is 0 Å². The second-order valence-corrected chi connectivity index (χ2v) is 6.51. The van der Waals surface area contributed by atoms with E-state index in [0.29, 0.717) is 6.54 Å². The molecule has 1 unspecified atom stereocenters. The lowest BCUT2D eigenvalue weighted by Gasteiger charge is -2.24. The van der Waals surface area contributed by atoms with Gasteiger partial charge in [0.05, 0.1) is 12.6 Å². The van der Waals surface area contributed by atoms with Gasteiger partial charge in [0.15, 0.2) is 0 Å². The molecule has 0 saturated heterocycles. The Kier molecular flexibility index (Phi) is 6.45. The third kappa shape index (κ3) is 4.47. The fourth-order valence-electron chi connectivity index (χ4n) is 2.76. The lowest BCUT2D eigenvalue weighted by Crippen LogP contribution is -2.40. The van der Waals surface area contributed by atoms with Gasteiger partial charge in [-0.1, -0.05) is 24.3 Å². The van der Waals surface area contributed by atoms with Gasteiger partial charge >= 0.3 is 0 Å². The molecule has 1 aromatic heterocycles. The van der Waals surface area contributed by atoms with Gasteiger partial charge in [-0.15, -0.1) is 23.7 Å². The number of carbonyl (C=O) groups is 1. The zero-order chi connectivity index (χ0) is 15.4. The molecular weight excluding hydrogens is 330 g/mol. The maximum atomic E-state index is 12.4. The molecule has 23 heavy (non-hydrogen) atoms. The molecule has 124 valence electrons. The van der Waals surface area contributed by atoms with E-state index in [0.717, 1.165) is 25.3 Å². The third-order valence-electron chi connectivity index (χ3n) is 3.89. The average molecular weight is 352 g/mol. The Labute approximate surface area is 147 Å². The summed E-state index contributed by atoms with van der Waals surface area (Å²) >= 11 is 1.67. The maximum absolute atomic E-state index is 12.4. The molecule has 2 N–H and O–H groups in total. The highest BCUT2D eigenvalue weighted by Crippen LogP contribution is 2.22. The Morgan fingerprint density at radius 1 is 1.35 bits per heavy atom. The minimum absolute atomic E-state index is 0. The van der Waals surface area contributed by atoms with Crippen LogP contribution in [0.1, 0.15) is 23.4 Å². The number of hydrogen-bond acceptors (Lipinski definition) is 4. The summed E-state index contributed by atoms with van der Waals surface area (Å²) in [7, 11) is 0. The summed E-state index contributed by atoms with van der Waals surface area (Å²) in [6.45, 7) is 5.02. The number of fused-ring (bicyclic) bond motifs is 1. The molecule has 0 saturated carbocycles. The Morgan fingerprint density at radius 2 is 2.17 bits per heavy atom. The van der Waals surface area contributed by atoms with Gasteiger partial charge in [0.1, 0.15) is 0 Å². The number of amides is 1. The second kappa shape index (κ2) is 8.34. The van der Waals surface area contributed by atoms with Crippen LogP contribution in [0.15, 0.2) is 41.8 Å². The van der Waals surface area contributed by atoms with Crippen molar-refractivity contribution < 1.29 is 4.79 Å². The van der Waals surface area contributed by atoms with E-state index in [1.54, 1.807) is 11.3 Å². The average Bonchev–Trinajstić information content (AvgIpc) is 2.98. The van der Waals surface area contributed by atoms with E-state index in [9.17, 15) is 4.79 Å². The molecular formula is C17H22ClN3OS. The van der Waals surface area contributed by atoms with Crippen LogP contribution >= 0.6 is 23.7 Å². The zero-order valence-corrected chi connectivity index (χ0v) is 14.8. The normalized spacial score (nSPS) is 15.1. The molecule has 1 aliphatic heterocycles. The number of hydrogen-bond donors (Lipinski definition) is 2. The number of para-hydroxylation sites is 1. The van der Waals surface area contributed by atoms with E-state index >= 15 is 0 Å². The van der Waals surface area contributed by atoms with Crippen molar-refractivity contribution in [2.45, 2.75) is 19.5 Å². The lowest BCUT2D eigenvalue weighted by atomic mass is 10.1. The minimum Gasteiger partial charge on any atom is -0.361 e. The molecule has 1 amide bonds. The molecule has 0 aliphatic carbocycles. The monoisotopic (exact) mass is 351 g/mol. The summed E-state index contributed by atoms with van der Waals surface area (Å²) in [6.07, 6.45) is 0. The van der Waals surface area contributed by atoms with Crippen molar-refractivity contribution in [2.75, 3.05) is 24.5 Å². The number of anilines is 1. The number of carbonyl (C=O) groups excluding carboxylic acids is 1. The summed E-state index contributed by atoms with van der Waals surface area (Å²) in [5.74, 6) is 0.0672. The smallest absolute Gasteiger partial charge is 0.240 e. The molecule has 3 rings (SSSR count). The molecule has 1 atom stereocenters. The van der Waals surface area contributed by atoms with Gasteiger partial charge in [-0.05, 0) is 30.0 Å². The van der Waals surface area contributed by atoms with Crippen molar-refractivity contribution in [1.82, 2.24) is 10.6 Å². The van der Waals surface area contributed by atoms with Gasteiger partial charge < -0.3 is 15.5 Å². The molecule has 2 heterocycles. The fourth-order valence-corrected chi connectivity index (χ4v) is 3.49. The van der Waals surface area contributed by atoms with E-state index in [2.05, 4.69) is 33.7 Å². The molecule has 0 spiro atoms. The van der Waals surface area contributed by atoms with Crippen molar-refractivity contribution >= 4 is 35.3 Å². The number of rotatable bonds is 4. The SMILES string of the molecule is CC(NC(=O)CN1CCNCc2ccccc21)c1cccs1.Cl. The highest BCUT2D eigenvalue weighted by molar-refractivity contribution is 7.10.